The minimum absolute atomic E-state index is 0.0538. The van der Waals surface area contributed by atoms with Crippen molar-refractivity contribution >= 4 is 17.2 Å². The fraction of sp³-hybridized carbons (Fsp3) is 0.500. The number of thiophene rings is 1. The molecule has 0 saturated carbocycles. The maximum atomic E-state index is 12.2. The molecule has 0 bridgehead atoms. The van der Waals surface area contributed by atoms with E-state index < -0.39 is 0 Å². The van der Waals surface area contributed by atoms with Gasteiger partial charge in [-0.15, -0.1) is 11.3 Å². The Kier molecular flexibility index (Phi) is 4.25. The molecule has 0 spiro atoms. The van der Waals surface area contributed by atoms with E-state index in [4.69, 9.17) is 10.5 Å². The molecule has 1 saturated heterocycles. The first-order valence-electron chi connectivity index (χ1n) is 6.24. The van der Waals surface area contributed by atoms with Gasteiger partial charge < -0.3 is 15.8 Å². The lowest BCUT2D eigenvalue weighted by atomic mass is 10.0. The molecule has 1 aromatic rings. The third-order valence-corrected chi connectivity index (χ3v) is 4.23. The molecule has 1 amide bonds. The van der Waals surface area contributed by atoms with Gasteiger partial charge in [-0.25, -0.2) is 0 Å². The van der Waals surface area contributed by atoms with Crippen LogP contribution in [0, 0.1) is 18.8 Å². The molecule has 0 aliphatic carbocycles. The van der Waals surface area contributed by atoms with Gasteiger partial charge in [0.2, 0.25) is 0 Å². The normalized spacial score (nSPS) is 21.8. The molecule has 2 heterocycles. The van der Waals surface area contributed by atoms with Crippen LogP contribution >= 0.6 is 11.3 Å². The monoisotopic (exact) mass is 278 g/mol. The summed E-state index contributed by atoms with van der Waals surface area (Å²) in [6, 6.07) is 1.87. The van der Waals surface area contributed by atoms with E-state index in [1.807, 2.05) is 19.9 Å². The van der Waals surface area contributed by atoms with Crippen LogP contribution in [0.15, 0.2) is 6.07 Å². The molecule has 1 aliphatic rings. The number of aryl methyl sites for hydroxylation is 1. The Morgan fingerprint density at radius 1 is 1.68 bits per heavy atom. The van der Waals surface area contributed by atoms with Crippen molar-refractivity contribution in [1.29, 1.82) is 0 Å². The zero-order chi connectivity index (χ0) is 13.9. The van der Waals surface area contributed by atoms with Gasteiger partial charge in [-0.1, -0.05) is 11.8 Å². The molecule has 4 nitrogen and oxygen atoms in total. The summed E-state index contributed by atoms with van der Waals surface area (Å²) in [4.78, 5) is 13.8. The number of amides is 1. The standard InChI is InChI=1S/C14H18N2O2S/c1-10-8-12(19-11(10)4-3-6-15)13(17)16-14(2)5-7-18-9-14/h8H,5-7,9,15H2,1-2H3,(H,16,17). The maximum absolute atomic E-state index is 12.2. The van der Waals surface area contributed by atoms with E-state index >= 15 is 0 Å². The van der Waals surface area contributed by atoms with Gasteiger partial charge in [-0.2, -0.15) is 0 Å². The van der Waals surface area contributed by atoms with Crippen molar-refractivity contribution in [3.63, 3.8) is 0 Å². The van der Waals surface area contributed by atoms with E-state index in [1.165, 1.54) is 11.3 Å². The van der Waals surface area contributed by atoms with E-state index in [2.05, 4.69) is 17.2 Å². The molecule has 3 N–H and O–H groups in total. The van der Waals surface area contributed by atoms with Crippen LogP contribution < -0.4 is 11.1 Å². The van der Waals surface area contributed by atoms with Crippen molar-refractivity contribution < 1.29 is 9.53 Å². The van der Waals surface area contributed by atoms with Crippen molar-refractivity contribution in [2.75, 3.05) is 19.8 Å². The Balaban J connectivity index is 2.11. The van der Waals surface area contributed by atoms with Gasteiger partial charge in [0, 0.05) is 6.61 Å². The molecule has 1 aromatic heterocycles. The lowest BCUT2D eigenvalue weighted by Crippen LogP contribution is -2.46. The van der Waals surface area contributed by atoms with Crippen LogP contribution in [-0.2, 0) is 4.74 Å². The summed E-state index contributed by atoms with van der Waals surface area (Å²) in [5.41, 5.74) is 6.12. The van der Waals surface area contributed by atoms with E-state index in [1.54, 1.807) is 0 Å². The van der Waals surface area contributed by atoms with E-state index in [-0.39, 0.29) is 11.4 Å². The van der Waals surface area contributed by atoms with Crippen LogP contribution in [0.5, 0.6) is 0 Å². The van der Waals surface area contributed by atoms with Crippen molar-refractivity contribution in [3.05, 3.63) is 21.4 Å². The molecular formula is C14H18N2O2S. The molecule has 0 aromatic carbocycles. The minimum atomic E-state index is -0.252. The number of carbonyl (C=O) groups is 1. The highest BCUT2D eigenvalue weighted by molar-refractivity contribution is 7.14. The summed E-state index contributed by atoms with van der Waals surface area (Å²) in [5, 5.41) is 3.04. The highest BCUT2D eigenvalue weighted by Gasteiger charge is 2.31. The number of hydrogen-bond acceptors (Lipinski definition) is 4. The van der Waals surface area contributed by atoms with Crippen LogP contribution in [0.4, 0.5) is 0 Å². The van der Waals surface area contributed by atoms with E-state index in [0.29, 0.717) is 24.6 Å². The first kappa shape index (κ1) is 14.1. The van der Waals surface area contributed by atoms with E-state index in [9.17, 15) is 4.79 Å². The predicted octanol–water partition coefficient (Wildman–Crippen LogP) is 1.28. The first-order valence-corrected chi connectivity index (χ1v) is 7.05. The number of nitrogens with two attached hydrogens (primary N) is 1. The third kappa shape index (κ3) is 3.35. The van der Waals surface area contributed by atoms with Gasteiger partial charge in [0.05, 0.1) is 28.4 Å². The van der Waals surface area contributed by atoms with Crippen LogP contribution in [0.1, 0.15) is 33.5 Å². The number of carbonyl (C=O) groups excluding carboxylic acids is 1. The largest absolute Gasteiger partial charge is 0.379 e. The molecule has 0 radical (unpaired) electrons. The van der Waals surface area contributed by atoms with Crippen LogP contribution in [0.3, 0.4) is 0 Å². The minimum Gasteiger partial charge on any atom is -0.379 e. The second-order valence-electron chi connectivity index (χ2n) is 4.95. The average molecular weight is 278 g/mol. The van der Waals surface area contributed by atoms with E-state index in [0.717, 1.165) is 16.9 Å². The molecule has 1 aliphatic heterocycles. The number of ether oxygens (including phenoxy) is 1. The van der Waals surface area contributed by atoms with Crippen molar-refractivity contribution in [2.24, 2.45) is 5.73 Å². The number of nitrogens with one attached hydrogen (secondary N) is 1. The number of rotatable bonds is 2. The fourth-order valence-corrected chi connectivity index (χ4v) is 2.89. The Bertz CT molecular complexity index is 533. The van der Waals surface area contributed by atoms with Crippen molar-refractivity contribution in [1.82, 2.24) is 5.32 Å². The number of hydrogen-bond donors (Lipinski definition) is 2. The van der Waals surface area contributed by atoms with Gasteiger partial charge in [-0.3, -0.25) is 4.79 Å². The van der Waals surface area contributed by atoms with Crippen LogP contribution in [0.25, 0.3) is 0 Å². The second kappa shape index (κ2) is 5.74. The van der Waals surface area contributed by atoms with Gasteiger partial charge in [0.25, 0.3) is 5.91 Å². The summed E-state index contributed by atoms with van der Waals surface area (Å²) in [7, 11) is 0. The third-order valence-electron chi connectivity index (χ3n) is 3.08. The molecule has 1 fully saturated rings. The highest BCUT2D eigenvalue weighted by atomic mass is 32.1. The zero-order valence-electron chi connectivity index (χ0n) is 11.2. The topological polar surface area (TPSA) is 64.3 Å². The van der Waals surface area contributed by atoms with Gasteiger partial charge in [0.15, 0.2) is 0 Å². The average Bonchev–Trinajstić information content (AvgIpc) is 2.94. The highest BCUT2D eigenvalue weighted by Crippen LogP contribution is 2.23. The Morgan fingerprint density at radius 3 is 3.11 bits per heavy atom. The summed E-state index contributed by atoms with van der Waals surface area (Å²) in [5.74, 6) is 5.75. The SMILES string of the molecule is Cc1cc(C(=O)NC2(C)CCOC2)sc1C#CCN. The zero-order valence-corrected chi connectivity index (χ0v) is 12.0. The summed E-state index contributed by atoms with van der Waals surface area (Å²) in [6.45, 7) is 5.56. The molecule has 1 atom stereocenters. The predicted molar refractivity (Wildman–Crippen MR) is 76.3 cm³/mol. The summed E-state index contributed by atoms with van der Waals surface area (Å²) < 4.78 is 5.33. The van der Waals surface area contributed by atoms with Gasteiger partial charge >= 0.3 is 0 Å². The quantitative estimate of drug-likeness (QED) is 0.801. The molecule has 2 rings (SSSR count). The van der Waals surface area contributed by atoms with Crippen molar-refractivity contribution in [2.45, 2.75) is 25.8 Å². The molecule has 19 heavy (non-hydrogen) atoms. The second-order valence-corrected chi connectivity index (χ2v) is 6.00. The van der Waals surface area contributed by atoms with Gasteiger partial charge in [-0.05, 0) is 31.9 Å². The summed E-state index contributed by atoms with van der Waals surface area (Å²) in [6.07, 6.45) is 0.850. The Morgan fingerprint density at radius 2 is 2.47 bits per heavy atom. The lowest BCUT2D eigenvalue weighted by molar-refractivity contribution is 0.0894. The molecular weight excluding hydrogens is 260 g/mol. The maximum Gasteiger partial charge on any atom is 0.261 e. The van der Waals surface area contributed by atoms with Gasteiger partial charge in [0.1, 0.15) is 0 Å². The molecule has 102 valence electrons. The summed E-state index contributed by atoms with van der Waals surface area (Å²) >= 11 is 1.41. The Hall–Kier alpha value is -1.35. The molecule has 1 unspecified atom stereocenters. The Labute approximate surface area is 117 Å². The lowest BCUT2D eigenvalue weighted by Gasteiger charge is -2.22. The fourth-order valence-electron chi connectivity index (χ4n) is 1.95. The first-order chi connectivity index (χ1) is 9.04. The molecule has 5 heteroatoms. The van der Waals surface area contributed by atoms with Crippen molar-refractivity contribution in [3.8, 4) is 11.8 Å². The van der Waals surface area contributed by atoms with Crippen LogP contribution in [-0.4, -0.2) is 31.2 Å². The van der Waals surface area contributed by atoms with Crippen LogP contribution in [0.2, 0.25) is 0 Å². The smallest absolute Gasteiger partial charge is 0.261 e.